The number of β-lactam (4-membered cyclic amide) rings is 1. The summed E-state index contributed by atoms with van der Waals surface area (Å²) in [7, 11) is 3.25. The lowest BCUT2D eigenvalue weighted by atomic mass is 9.80. The van der Waals surface area contributed by atoms with Crippen molar-refractivity contribution in [1.82, 2.24) is 5.01 Å². The van der Waals surface area contributed by atoms with E-state index in [2.05, 4.69) is 5.10 Å². The molecule has 1 aliphatic heterocycles. The van der Waals surface area contributed by atoms with Crippen LogP contribution in [0.5, 0.6) is 11.5 Å². The normalized spacial score (nSPS) is 20.3. The number of rotatable bonds is 8. The van der Waals surface area contributed by atoms with Crippen LogP contribution in [0.4, 0.5) is 0 Å². The summed E-state index contributed by atoms with van der Waals surface area (Å²) < 4.78 is 16.7. The molecule has 1 heterocycles. The molecule has 0 aliphatic carbocycles. The van der Waals surface area contributed by atoms with E-state index in [1.807, 2.05) is 85.8 Å². The predicted molar refractivity (Wildman–Crippen MR) is 123 cm³/mol. The number of benzene rings is 3. The molecule has 0 aromatic heterocycles. The van der Waals surface area contributed by atoms with Crippen LogP contribution in [-0.4, -0.2) is 37.0 Å². The van der Waals surface area contributed by atoms with Gasteiger partial charge in [-0.05, 0) is 60.0 Å². The average molecular weight is 431 g/mol. The number of methoxy groups -OCH3 is 2. The number of ether oxygens (including phenoxy) is 3. The van der Waals surface area contributed by atoms with E-state index in [1.54, 1.807) is 20.4 Å². The molecule has 1 fully saturated rings. The van der Waals surface area contributed by atoms with E-state index in [-0.39, 0.29) is 11.9 Å². The first-order chi connectivity index (χ1) is 15.5. The van der Waals surface area contributed by atoms with Crippen molar-refractivity contribution in [3.8, 4) is 11.5 Å². The predicted octanol–water partition coefficient (Wildman–Crippen LogP) is 4.60. The molecule has 3 aromatic rings. The van der Waals surface area contributed by atoms with Gasteiger partial charge < -0.3 is 14.2 Å². The Morgan fingerprint density at radius 3 is 2.09 bits per heavy atom. The molecule has 0 unspecified atom stereocenters. The van der Waals surface area contributed by atoms with E-state index in [4.69, 9.17) is 14.2 Å². The SMILES string of the molecule is COc1ccc(/C=N/N2C(=O)[C@](C)(OCc3ccccc3)[C@H]2c2ccc(OC)cc2)cc1. The summed E-state index contributed by atoms with van der Waals surface area (Å²) in [5.74, 6) is 1.33. The minimum Gasteiger partial charge on any atom is -0.497 e. The Balaban J connectivity index is 1.59. The van der Waals surface area contributed by atoms with Crippen LogP contribution in [0.2, 0.25) is 0 Å². The highest BCUT2D eigenvalue weighted by Gasteiger charge is 2.60. The van der Waals surface area contributed by atoms with Crippen LogP contribution in [0.1, 0.15) is 29.7 Å². The minimum atomic E-state index is -1.03. The second-order valence-corrected chi connectivity index (χ2v) is 7.72. The Morgan fingerprint density at radius 1 is 0.906 bits per heavy atom. The number of nitrogens with zero attached hydrogens (tertiary/aromatic N) is 2. The van der Waals surface area contributed by atoms with Gasteiger partial charge in [-0.15, -0.1) is 0 Å². The Bertz CT molecular complexity index is 1080. The highest BCUT2D eigenvalue weighted by atomic mass is 16.5. The zero-order chi connectivity index (χ0) is 22.6. The maximum absolute atomic E-state index is 13.2. The summed E-state index contributed by atoms with van der Waals surface area (Å²) in [6.45, 7) is 2.17. The lowest BCUT2D eigenvalue weighted by molar-refractivity contribution is -0.204. The van der Waals surface area contributed by atoms with E-state index in [0.29, 0.717) is 6.61 Å². The molecule has 0 N–H and O–H groups in total. The molecule has 2 atom stereocenters. The van der Waals surface area contributed by atoms with E-state index >= 15 is 0 Å². The molecule has 4 rings (SSSR count). The third-order valence-electron chi connectivity index (χ3n) is 5.66. The largest absolute Gasteiger partial charge is 0.497 e. The van der Waals surface area contributed by atoms with Crippen molar-refractivity contribution in [2.24, 2.45) is 5.10 Å². The Morgan fingerprint density at radius 2 is 1.50 bits per heavy atom. The second kappa shape index (κ2) is 9.24. The van der Waals surface area contributed by atoms with Gasteiger partial charge in [0.05, 0.1) is 27.0 Å². The van der Waals surface area contributed by atoms with Crippen LogP contribution in [0.25, 0.3) is 0 Å². The molecule has 6 nitrogen and oxygen atoms in total. The summed E-state index contributed by atoms with van der Waals surface area (Å²) in [5.41, 5.74) is 1.77. The van der Waals surface area contributed by atoms with Crippen molar-refractivity contribution in [1.29, 1.82) is 0 Å². The first kappa shape index (κ1) is 21.6. The van der Waals surface area contributed by atoms with Gasteiger partial charge in [0, 0.05) is 0 Å². The quantitative estimate of drug-likeness (QED) is 0.387. The maximum Gasteiger partial charge on any atom is 0.277 e. The molecule has 6 heteroatoms. The van der Waals surface area contributed by atoms with Gasteiger partial charge in [-0.3, -0.25) is 4.79 Å². The third-order valence-corrected chi connectivity index (χ3v) is 5.66. The standard InChI is InChI=1S/C26H26N2O4/c1-26(32-18-20-7-5-4-6-8-20)24(21-11-15-23(31-3)16-12-21)28(25(26)29)27-17-19-9-13-22(30-2)14-10-19/h4-17,24H,18H2,1-3H3/b27-17+/t24-,26-/m1/s1. The van der Waals surface area contributed by atoms with Crippen molar-refractivity contribution in [2.75, 3.05) is 14.2 Å². The van der Waals surface area contributed by atoms with Gasteiger partial charge in [0.25, 0.3) is 5.91 Å². The summed E-state index contributed by atoms with van der Waals surface area (Å²) in [6.07, 6.45) is 1.67. The highest BCUT2D eigenvalue weighted by molar-refractivity contribution is 5.94. The summed E-state index contributed by atoms with van der Waals surface area (Å²) in [4.78, 5) is 13.2. The molecule has 1 aliphatic rings. The zero-order valence-electron chi connectivity index (χ0n) is 18.4. The number of amides is 1. The summed E-state index contributed by atoms with van der Waals surface area (Å²) >= 11 is 0. The number of carbonyl (C=O) groups excluding carboxylic acids is 1. The molecule has 164 valence electrons. The van der Waals surface area contributed by atoms with Gasteiger partial charge in [-0.25, -0.2) is 5.01 Å². The number of hydrogen-bond donors (Lipinski definition) is 0. The zero-order valence-corrected chi connectivity index (χ0v) is 18.4. The summed E-state index contributed by atoms with van der Waals surface area (Å²) in [5, 5.41) is 5.98. The highest BCUT2D eigenvalue weighted by Crippen LogP contribution is 2.46. The van der Waals surface area contributed by atoms with E-state index in [9.17, 15) is 4.79 Å². The van der Waals surface area contributed by atoms with Crippen molar-refractivity contribution in [2.45, 2.75) is 25.2 Å². The molecular weight excluding hydrogens is 404 g/mol. The molecule has 0 bridgehead atoms. The Hall–Kier alpha value is -3.64. The molecule has 0 radical (unpaired) electrons. The van der Waals surface area contributed by atoms with Crippen LogP contribution in [-0.2, 0) is 16.1 Å². The smallest absolute Gasteiger partial charge is 0.277 e. The van der Waals surface area contributed by atoms with Gasteiger partial charge in [0.15, 0.2) is 5.60 Å². The van der Waals surface area contributed by atoms with Gasteiger partial charge in [0.2, 0.25) is 0 Å². The Kier molecular flexibility index (Phi) is 6.23. The first-order valence-electron chi connectivity index (χ1n) is 10.4. The average Bonchev–Trinajstić information content (AvgIpc) is 2.86. The van der Waals surface area contributed by atoms with Gasteiger partial charge in [-0.1, -0.05) is 42.5 Å². The fourth-order valence-electron chi connectivity index (χ4n) is 3.76. The van der Waals surface area contributed by atoms with Crippen molar-refractivity contribution in [3.63, 3.8) is 0 Å². The Labute approximate surface area is 188 Å². The number of hydrogen-bond acceptors (Lipinski definition) is 5. The molecular formula is C26H26N2O4. The third kappa shape index (κ3) is 4.22. The van der Waals surface area contributed by atoms with E-state index < -0.39 is 5.60 Å². The van der Waals surface area contributed by atoms with Gasteiger partial charge in [-0.2, -0.15) is 5.10 Å². The van der Waals surface area contributed by atoms with Crippen LogP contribution >= 0.6 is 0 Å². The second-order valence-electron chi connectivity index (χ2n) is 7.72. The molecule has 1 amide bonds. The van der Waals surface area contributed by atoms with Gasteiger partial charge in [0.1, 0.15) is 17.5 Å². The van der Waals surface area contributed by atoms with Gasteiger partial charge >= 0.3 is 0 Å². The van der Waals surface area contributed by atoms with E-state index in [1.165, 1.54) is 5.01 Å². The fourth-order valence-corrected chi connectivity index (χ4v) is 3.76. The molecule has 1 saturated heterocycles. The van der Waals surface area contributed by atoms with Crippen molar-refractivity contribution < 1.29 is 19.0 Å². The molecule has 32 heavy (non-hydrogen) atoms. The van der Waals surface area contributed by atoms with Crippen LogP contribution in [0, 0.1) is 0 Å². The lowest BCUT2D eigenvalue weighted by Gasteiger charge is -2.51. The van der Waals surface area contributed by atoms with Crippen LogP contribution in [0.15, 0.2) is 84.0 Å². The monoisotopic (exact) mass is 430 g/mol. The van der Waals surface area contributed by atoms with Crippen molar-refractivity contribution >= 4 is 12.1 Å². The van der Waals surface area contributed by atoms with E-state index in [0.717, 1.165) is 28.2 Å². The number of carbonyl (C=O) groups is 1. The lowest BCUT2D eigenvalue weighted by Crippen LogP contribution is -2.66. The summed E-state index contributed by atoms with van der Waals surface area (Å²) in [6, 6.07) is 24.6. The number of hydrazone groups is 1. The molecule has 0 saturated carbocycles. The molecule has 3 aromatic carbocycles. The minimum absolute atomic E-state index is 0.181. The topological polar surface area (TPSA) is 60.4 Å². The van der Waals surface area contributed by atoms with Crippen molar-refractivity contribution in [3.05, 3.63) is 95.6 Å². The van der Waals surface area contributed by atoms with Crippen LogP contribution < -0.4 is 9.47 Å². The first-order valence-corrected chi connectivity index (χ1v) is 10.4. The fraction of sp³-hybridized carbons (Fsp3) is 0.231. The maximum atomic E-state index is 13.2. The van der Waals surface area contributed by atoms with Crippen LogP contribution in [0.3, 0.4) is 0 Å². The molecule has 0 spiro atoms.